The van der Waals surface area contributed by atoms with E-state index in [1.165, 1.54) is 0 Å². The Labute approximate surface area is 113 Å². The van der Waals surface area contributed by atoms with E-state index in [2.05, 4.69) is 11.9 Å². The molecule has 0 fully saturated rings. The van der Waals surface area contributed by atoms with Crippen LogP contribution in [0.1, 0.15) is 28.4 Å². The summed E-state index contributed by atoms with van der Waals surface area (Å²) >= 11 is 0. The van der Waals surface area contributed by atoms with Gasteiger partial charge in [-0.2, -0.15) is 0 Å². The van der Waals surface area contributed by atoms with Crippen LogP contribution in [-0.2, 0) is 0 Å². The third kappa shape index (κ3) is 2.81. The molecule has 3 nitrogen and oxygen atoms in total. The predicted molar refractivity (Wildman–Crippen MR) is 77.8 cm³/mol. The summed E-state index contributed by atoms with van der Waals surface area (Å²) in [6.45, 7) is 4.91. The molecule has 1 aromatic heterocycles. The number of ketones is 1. The zero-order valence-electron chi connectivity index (χ0n) is 11.6. The zero-order chi connectivity index (χ0) is 13.8. The molecule has 0 saturated carbocycles. The molecule has 0 atom stereocenters. The van der Waals surface area contributed by atoms with Gasteiger partial charge in [-0.05, 0) is 25.5 Å². The van der Waals surface area contributed by atoms with E-state index < -0.39 is 0 Å². The van der Waals surface area contributed by atoms with E-state index in [0.717, 1.165) is 17.9 Å². The van der Waals surface area contributed by atoms with Gasteiger partial charge in [0.25, 0.3) is 0 Å². The number of hydrogen-bond acceptors (Lipinski definition) is 3. The van der Waals surface area contributed by atoms with E-state index >= 15 is 0 Å². The molecule has 1 aromatic carbocycles. The molecule has 0 unspecified atom stereocenters. The van der Waals surface area contributed by atoms with Crippen molar-refractivity contribution in [2.45, 2.75) is 13.8 Å². The molecule has 3 heteroatoms. The van der Waals surface area contributed by atoms with Crippen LogP contribution in [0.5, 0.6) is 0 Å². The number of anilines is 1. The second kappa shape index (κ2) is 5.65. The van der Waals surface area contributed by atoms with Crippen molar-refractivity contribution in [3.05, 3.63) is 59.3 Å². The normalized spacial score (nSPS) is 10.3. The lowest BCUT2D eigenvalue weighted by atomic mass is 10.0. The molecule has 98 valence electrons. The lowest BCUT2D eigenvalue weighted by Crippen LogP contribution is -2.18. The van der Waals surface area contributed by atoms with E-state index in [9.17, 15) is 4.79 Å². The molecule has 1 heterocycles. The molecule has 0 aliphatic rings. The Balaban J connectivity index is 2.34. The predicted octanol–water partition coefficient (Wildman–Crippen LogP) is 3.08. The van der Waals surface area contributed by atoms with Crippen LogP contribution in [0.4, 0.5) is 5.82 Å². The van der Waals surface area contributed by atoms with Crippen LogP contribution in [0, 0.1) is 6.92 Å². The Morgan fingerprint density at radius 1 is 1.26 bits per heavy atom. The highest BCUT2D eigenvalue weighted by Gasteiger charge is 2.13. The zero-order valence-corrected chi connectivity index (χ0v) is 11.6. The Morgan fingerprint density at radius 2 is 1.95 bits per heavy atom. The number of hydrogen-bond donors (Lipinski definition) is 0. The van der Waals surface area contributed by atoms with Gasteiger partial charge in [-0.1, -0.05) is 30.3 Å². The van der Waals surface area contributed by atoms with Crippen LogP contribution in [0.3, 0.4) is 0 Å². The summed E-state index contributed by atoms with van der Waals surface area (Å²) in [6, 6.07) is 11.3. The summed E-state index contributed by atoms with van der Waals surface area (Å²) < 4.78 is 0. The van der Waals surface area contributed by atoms with Gasteiger partial charge in [0.1, 0.15) is 5.82 Å². The third-order valence-electron chi connectivity index (χ3n) is 3.24. The summed E-state index contributed by atoms with van der Waals surface area (Å²) in [5, 5.41) is 0. The van der Waals surface area contributed by atoms with Crippen molar-refractivity contribution in [2.24, 2.45) is 0 Å². The second-order valence-corrected chi connectivity index (χ2v) is 4.57. The number of aromatic nitrogens is 1. The van der Waals surface area contributed by atoms with Gasteiger partial charge in [-0.25, -0.2) is 4.98 Å². The first-order valence-electron chi connectivity index (χ1n) is 6.41. The highest BCUT2D eigenvalue weighted by Crippen LogP contribution is 2.17. The van der Waals surface area contributed by atoms with Gasteiger partial charge in [0.05, 0.1) is 0 Å². The molecule has 19 heavy (non-hydrogen) atoms. The van der Waals surface area contributed by atoms with Gasteiger partial charge >= 0.3 is 0 Å². The van der Waals surface area contributed by atoms with Crippen LogP contribution in [0.15, 0.2) is 42.6 Å². The summed E-state index contributed by atoms with van der Waals surface area (Å²) in [5.74, 6) is 0.918. The minimum atomic E-state index is 0.0244. The highest BCUT2D eigenvalue weighted by molar-refractivity contribution is 6.09. The van der Waals surface area contributed by atoms with Gasteiger partial charge in [0.2, 0.25) is 0 Å². The van der Waals surface area contributed by atoms with E-state index in [1.807, 2.05) is 55.3 Å². The first-order chi connectivity index (χ1) is 9.13. The minimum Gasteiger partial charge on any atom is -0.360 e. The SMILES string of the molecule is CCN(C)c1cc(C)c(C(=O)c2ccccc2)cn1. The van der Waals surface area contributed by atoms with Crippen molar-refractivity contribution >= 4 is 11.6 Å². The fourth-order valence-electron chi connectivity index (χ4n) is 1.89. The van der Waals surface area contributed by atoms with Crippen LogP contribution in [0.2, 0.25) is 0 Å². The number of benzene rings is 1. The molecule has 0 amide bonds. The van der Waals surface area contributed by atoms with Gasteiger partial charge in [-0.3, -0.25) is 4.79 Å². The first kappa shape index (κ1) is 13.3. The Bertz CT molecular complexity index is 579. The largest absolute Gasteiger partial charge is 0.360 e. The first-order valence-corrected chi connectivity index (χ1v) is 6.41. The summed E-state index contributed by atoms with van der Waals surface area (Å²) in [4.78, 5) is 18.8. The average molecular weight is 254 g/mol. The van der Waals surface area contributed by atoms with Crippen molar-refractivity contribution < 1.29 is 4.79 Å². The highest BCUT2D eigenvalue weighted by atomic mass is 16.1. The monoisotopic (exact) mass is 254 g/mol. The van der Waals surface area contributed by atoms with Gasteiger partial charge in [-0.15, -0.1) is 0 Å². The molecule has 0 radical (unpaired) electrons. The lowest BCUT2D eigenvalue weighted by Gasteiger charge is -2.16. The van der Waals surface area contributed by atoms with Gasteiger partial charge < -0.3 is 4.90 Å². The van der Waals surface area contributed by atoms with Crippen molar-refractivity contribution in [2.75, 3.05) is 18.5 Å². The van der Waals surface area contributed by atoms with E-state index in [-0.39, 0.29) is 5.78 Å². The van der Waals surface area contributed by atoms with Crippen LogP contribution in [0.25, 0.3) is 0 Å². The van der Waals surface area contributed by atoms with Gasteiger partial charge in [0, 0.05) is 30.9 Å². The fraction of sp³-hybridized carbons (Fsp3) is 0.250. The molecule has 0 spiro atoms. The van der Waals surface area contributed by atoms with Crippen molar-refractivity contribution in [1.29, 1.82) is 0 Å². The van der Waals surface area contributed by atoms with E-state index in [1.54, 1.807) is 6.20 Å². The van der Waals surface area contributed by atoms with Crippen molar-refractivity contribution in [3.63, 3.8) is 0 Å². The maximum atomic E-state index is 12.4. The summed E-state index contributed by atoms with van der Waals surface area (Å²) in [6.07, 6.45) is 1.67. The molecular formula is C16H18N2O. The molecule has 0 aliphatic heterocycles. The molecule has 0 bridgehead atoms. The molecule has 0 saturated heterocycles. The maximum Gasteiger partial charge on any atom is 0.194 e. The topological polar surface area (TPSA) is 33.2 Å². The third-order valence-corrected chi connectivity index (χ3v) is 3.24. The number of rotatable bonds is 4. The lowest BCUT2D eigenvalue weighted by molar-refractivity contribution is 0.103. The summed E-state index contributed by atoms with van der Waals surface area (Å²) in [5.41, 5.74) is 2.32. The Hall–Kier alpha value is -2.16. The van der Waals surface area contributed by atoms with Crippen molar-refractivity contribution in [1.82, 2.24) is 4.98 Å². The van der Waals surface area contributed by atoms with Crippen LogP contribution in [-0.4, -0.2) is 24.4 Å². The Morgan fingerprint density at radius 3 is 2.53 bits per heavy atom. The molecule has 2 rings (SSSR count). The Kier molecular flexibility index (Phi) is 3.95. The van der Waals surface area contributed by atoms with Crippen LogP contribution >= 0.6 is 0 Å². The number of carbonyl (C=O) groups is 1. The van der Waals surface area contributed by atoms with Crippen molar-refractivity contribution in [3.8, 4) is 0 Å². The minimum absolute atomic E-state index is 0.0244. The second-order valence-electron chi connectivity index (χ2n) is 4.57. The molecule has 0 N–H and O–H groups in total. The maximum absolute atomic E-state index is 12.4. The molecule has 0 aliphatic carbocycles. The average Bonchev–Trinajstić information content (AvgIpc) is 2.46. The molecular weight excluding hydrogens is 236 g/mol. The van der Waals surface area contributed by atoms with Crippen LogP contribution < -0.4 is 4.90 Å². The fourth-order valence-corrected chi connectivity index (χ4v) is 1.89. The standard InChI is InChI=1S/C16H18N2O/c1-4-18(3)15-10-12(2)14(11-17-15)16(19)13-8-6-5-7-9-13/h5-11H,4H2,1-3H3. The smallest absolute Gasteiger partial charge is 0.194 e. The van der Waals surface area contributed by atoms with E-state index in [4.69, 9.17) is 0 Å². The number of carbonyl (C=O) groups excluding carboxylic acids is 1. The number of aryl methyl sites for hydroxylation is 1. The number of pyridine rings is 1. The van der Waals surface area contributed by atoms with E-state index in [0.29, 0.717) is 11.1 Å². The summed E-state index contributed by atoms with van der Waals surface area (Å²) in [7, 11) is 1.99. The number of nitrogens with zero attached hydrogens (tertiary/aromatic N) is 2. The van der Waals surface area contributed by atoms with Gasteiger partial charge in [0.15, 0.2) is 5.78 Å². The molecule has 2 aromatic rings. The quantitative estimate of drug-likeness (QED) is 0.786.